The predicted molar refractivity (Wildman–Crippen MR) is 180 cm³/mol. The fourth-order valence-electron chi connectivity index (χ4n) is 5.26. The zero-order chi connectivity index (χ0) is 33.1. The zero-order valence-corrected chi connectivity index (χ0v) is 28.8. The minimum Gasteiger partial charge on any atom is -0.481 e. The number of hydrogen-bond donors (Lipinski definition) is 5. The summed E-state index contributed by atoms with van der Waals surface area (Å²) in [5, 5.41) is 23.1. The number of nitrogens with one attached hydrogen (secondary N) is 4. The van der Waals surface area contributed by atoms with Gasteiger partial charge in [-0.05, 0) is 49.6 Å². The number of rotatable bonds is 17. The van der Waals surface area contributed by atoms with Crippen molar-refractivity contribution in [3.8, 4) is 0 Å². The molecule has 0 aliphatic carbocycles. The van der Waals surface area contributed by atoms with Crippen molar-refractivity contribution in [1.82, 2.24) is 26.3 Å². The van der Waals surface area contributed by atoms with Crippen LogP contribution in [-0.4, -0.2) is 70.3 Å². The van der Waals surface area contributed by atoms with Crippen LogP contribution in [0.15, 0.2) is 35.7 Å². The van der Waals surface area contributed by atoms with Gasteiger partial charge in [-0.25, -0.2) is 4.98 Å². The molecule has 11 nitrogen and oxygen atoms in total. The Bertz CT molecular complexity index is 1320. The van der Waals surface area contributed by atoms with Gasteiger partial charge >= 0.3 is 5.97 Å². The summed E-state index contributed by atoms with van der Waals surface area (Å²) in [5.74, 6) is -3.12. The molecule has 1 fully saturated rings. The van der Waals surface area contributed by atoms with E-state index in [1.165, 1.54) is 5.38 Å². The number of aliphatic carboxylic acids is 1. The highest BCUT2D eigenvalue weighted by Gasteiger charge is 2.32. The number of benzene rings is 1. The fraction of sp³-hybridized carbons (Fsp3) is 0.576. The minimum absolute atomic E-state index is 0. The molecule has 13 heteroatoms. The van der Waals surface area contributed by atoms with Crippen molar-refractivity contribution >= 4 is 53.2 Å². The van der Waals surface area contributed by atoms with Crippen molar-refractivity contribution in [2.75, 3.05) is 6.54 Å². The quantitative estimate of drug-likeness (QED) is 0.157. The minimum atomic E-state index is -0.945. The lowest BCUT2D eigenvalue weighted by Gasteiger charge is -2.29. The molecule has 0 spiro atoms. The molecule has 46 heavy (non-hydrogen) atoms. The highest BCUT2D eigenvalue weighted by Crippen LogP contribution is 2.19. The summed E-state index contributed by atoms with van der Waals surface area (Å²) in [6.45, 7) is 10.1. The van der Waals surface area contributed by atoms with Crippen LogP contribution in [-0.2, 0) is 20.8 Å². The van der Waals surface area contributed by atoms with E-state index in [0.717, 1.165) is 36.3 Å². The van der Waals surface area contributed by atoms with E-state index in [1.807, 2.05) is 58.0 Å². The number of halogens is 1. The van der Waals surface area contributed by atoms with Gasteiger partial charge in [0.2, 0.25) is 11.8 Å². The van der Waals surface area contributed by atoms with Crippen LogP contribution in [0.1, 0.15) is 92.6 Å². The number of carboxylic acid groups (broad SMARTS) is 1. The summed E-state index contributed by atoms with van der Waals surface area (Å²) in [6, 6.07) is 7.49. The number of Topliss-reactive ketones (excluding diaryl/α,β-unsaturated/α-hetero) is 1. The fourth-order valence-corrected chi connectivity index (χ4v) is 6.01. The molecular formula is C33H48ClN5O6S. The van der Waals surface area contributed by atoms with Crippen molar-refractivity contribution in [1.29, 1.82) is 0 Å². The third-order valence-corrected chi connectivity index (χ3v) is 9.29. The Hall–Kier alpha value is -3.35. The molecule has 0 radical (unpaired) electrons. The van der Waals surface area contributed by atoms with E-state index in [9.17, 15) is 29.1 Å². The highest BCUT2D eigenvalue weighted by atomic mass is 35.5. The molecule has 0 bridgehead atoms. The molecule has 5 N–H and O–H groups in total. The second-order valence-electron chi connectivity index (χ2n) is 12.4. The van der Waals surface area contributed by atoms with Gasteiger partial charge in [0, 0.05) is 23.9 Å². The Morgan fingerprint density at radius 3 is 2.33 bits per heavy atom. The van der Waals surface area contributed by atoms with E-state index in [4.69, 9.17) is 0 Å². The summed E-state index contributed by atoms with van der Waals surface area (Å²) in [7, 11) is 0. The molecule has 1 saturated heterocycles. The first-order chi connectivity index (χ1) is 21.4. The number of amides is 3. The van der Waals surface area contributed by atoms with Gasteiger partial charge in [0.1, 0.15) is 11.7 Å². The number of thiazole rings is 1. The molecule has 0 saturated carbocycles. The lowest BCUT2D eigenvalue weighted by Crippen LogP contribution is -2.56. The van der Waals surface area contributed by atoms with Crippen LogP contribution in [0.25, 0.3) is 0 Å². The summed E-state index contributed by atoms with van der Waals surface area (Å²) in [5.41, 5.74) is 1.04. The van der Waals surface area contributed by atoms with E-state index in [2.05, 4.69) is 26.3 Å². The van der Waals surface area contributed by atoms with Crippen molar-refractivity contribution in [3.63, 3.8) is 0 Å². The topological polar surface area (TPSA) is 167 Å². The molecule has 1 aromatic heterocycles. The predicted octanol–water partition coefficient (Wildman–Crippen LogP) is 4.01. The summed E-state index contributed by atoms with van der Waals surface area (Å²) in [4.78, 5) is 68.4. The van der Waals surface area contributed by atoms with Gasteiger partial charge in [0.05, 0.1) is 12.0 Å². The number of carboxylic acids is 1. The largest absolute Gasteiger partial charge is 0.481 e. The van der Waals surface area contributed by atoms with Gasteiger partial charge in [0.15, 0.2) is 10.8 Å². The van der Waals surface area contributed by atoms with Gasteiger partial charge in [0.25, 0.3) is 5.91 Å². The smallest absolute Gasteiger partial charge is 0.306 e. The maximum Gasteiger partial charge on any atom is 0.306 e. The number of carbonyl (C=O) groups is 5. The zero-order valence-electron chi connectivity index (χ0n) is 27.2. The molecule has 1 aromatic carbocycles. The maximum absolute atomic E-state index is 13.4. The van der Waals surface area contributed by atoms with Gasteiger partial charge in [-0.15, -0.1) is 23.7 Å². The number of carbonyl (C=O) groups excluding carboxylic acids is 4. The Morgan fingerprint density at radius 2 is 1.74 bits per heavy atom. The van der Waals surface area contributed by atoms with Crippen LogP contribution < -0.4 is 21.3 Å². The van der Waals surface area contributed by atoms with Crippen molar-refractivity contribution in [2.24, 2.45) is 17.8 Å². The standard InChI is InChI=1S/C33H47N5O6S.ClH/c1-6-20(4)28(38-29(40)24-13-10-14-34-24)31(42)36-25(19(2)3)17-27(39)32-37-26(18-45-32)30(41)35-23(15-21(5)33(43)44)16-22-11-8-7-9-12-22;/h7-9,11-12,18-21,23-25,28,34H,6,10,13-17H2,1-5H3,(H,35,41)(H,36,42)(H,38,40)(H,43,44);1H/t20-,21-,23+,24+,25+,28-;/m0./s1. The first-order valence-corrected chi connectivity index (χ1v) is 16.7. The second kappa shape index (κ2) is 18.7. The highest BCUT2D eigenvalue weighted by molar-refractivity contribution is 7.11. The molecule has 2 heterocycles. The van der Waals surface area contributed by atoms with Gasteiger partial charge in [-0.2, -0.15) is 0 Å². The second-order valence-corrected chi connectivity index (χ2v) is 13.2. The number of ketones is 1. The lowest BCUT2D eigenvalue weighted by molar-refractivity contribution is -0.141. The average Bonchev–Trinajstić information content (AvgIpc) is 3.73. The molecule has 254 valence electrons. The van der Waals surface area contributed by atoms with Crippen molar-refractivity contribution < 1.29 is 29.1 Å². The summed E-state index contributed by atoms with van der Waals surface area (Å²) < 4.78 is 0. The van der Waals surface area contributed by atoms with Gasteiger partial charge < -0.3 is 26.4 Å². The Morgan fingerprint density at radius 1 is 1.04 bits per heavy atom. The number of nitrogens with zero attached hydrogens (tertiary/aromatic N) is 1. The Kier molecular flexibility index (Phi) is 15.8. The van der Waals surface area contributed by atoms with Crippen LogP contribution in [0.4, 0.5) is 0 Å². The normalized spacial score (nSPS) is 17.6. The van der Waals surface area contributed by atoms with E-state index >= 15 is 0 Å². The number of aromatic nitrogens is 1. The Balaban J connectivity index is 0.00000736. The molecule has 3 rings (SSSR count). The van der Waals surface area contributed by atoms with E-state index < -0.39 is 35.9 Å². The van der Waals surface area contributed by atoms with Gasteiger partial charge in [-0.1, -0.05) is 71.4 Å². The molecule has 1 aliphatic rings. The van der Waals surface area contributed by atoms with Crippen LogP contribution in [0.3, 0.4) is 0 Å². The Labute approximate surface area is 281 Å². The monoisotopic (exact) mass is 677 g/mol. The van der Waals surface area contributed by atoms with Crippen LogP contribution in [0.5, 0.6) is 0 Å². The third-order valence-electron chi connectivity index (χ3n) is 8.40. The summed E-state index contributed by atoms with van der Waals surface area (Å²) in [6.07, 6.45) is 2.99. The molecular weight excluding hydrogens is 630 g/mol. The molecule has 1 aliphatic heterocycles. The lowest BCUT2D eigenvalue weighted by atomic mass is 9.94. The van der Waals surface area contributed by atoms with Crippen molar-refractivity contribution in [3.05, 3.63) is 52.0 Å². The van der Waals surface area contributed by atoms with E-state index in [1.54, 1.807) is 6.92 Å². The first-order valence-electron chi connectivity index (χ1n) is 15.8. The molecule has 6 atom stereocenters. The van der Waals surface area contributed by atoms with Crippen LogP contribution in [0.2, 0.25) is 0 Å². The molecule has 2 aromatic rings. The van der Waals surface area contributed by atoms with Crippen LogP contribution >= 0.6 is 23.7 Å². The van der Waals surface area contributed by atoms with Crippen molar-refractivity contribution in [2.45, 2.75) is 97.3 Å². The molecule has 0 unspecified atom stereocenters. The average molecular weight is 678 g/mol. The van der Waals surface area contributed by atoms with E-state index in [0.29, 0.717) is 12.8 Å². The maximum atomic E-state index is 13.4. The van der Waals surface area contributed by atoms with Crippen LogP contribution in [0, 0.1) is 17.8 Å². The molecule has 3 amide bonds. The number of hydrogen-bond acceptors (Lipinski definition) is 8. The third kappa shape index (κ3) is 11.5. The SMILES string of the molecule is CC[C@H](C)[C@H](NC(=O)[C@H]1CCCN1)C(=O)N[C@H](CC(=O)c1nc(C(=O)N[C@@H](Cc2ccccc2)C[C@H](C)C(=O)O)cs1)C(C)C.Cl. The summed E-state index contributed by atoms with van der Waals surface area (Å²) >= 11 is 1.05. The van der Waals surface area contributed by atoms with Gasteiger partial charge in [-0.3, -0.25) is 24.0 Å². The van der Waals surface area contributed by atoms with E-state index in [-0.39, 0.29) is 71.4 Å². The first kappa shape index (κ1) is 38.8.